The lowest BCUT2D eigenvalue weighted by atomic mass is 9.97. The number of para-hydroxylation sites is 2. The van der Waals surface area contributed by atoms with Crippen molar-refractivity contribution in [2.45, 2.75) is 25.8 Å². The zero-order valence-electron chi connectivity index (χ0n) is 20.8. The van der Waals surface area contributed by atoms with Gasteiger partial charge in [0.1, 0.15) is 18.4 Å². The molecule has 5 rings (SSSR count). The molecule has 0 radical (unpaired) electrons. The van der Waals surface area contributed by atoms with Crippen molar-refractivity contribution >= 4 is 40.7 Å². The molecule has 1 aliphatic rings. The highest BCUT2D eigenvalue weighted by molar-refractivity contribution is 6.42. The Bertz CT molecular complexity index is 1490. The molecule has 8 heteroatoms. The number of nitrogens with zero attached hydrogens (tertiary/aromatic N) is 3. The van der Waals surface area contributed by atoms with E-state index in [0.717, 1.165) is 29.8 Å². The number of aromatic nitrogens is 1. The van der Waals surface area contributed by atoms with Crippen molar-refractivity contribution in [3.8, 4) is 5.69 Å². The van der Waals surface area contributed by atoms with Crippen LogP contribution in [0.25, 0.3) is 5.69 Å². The fourth-order valence-corrected chi connectivity index (χ4v) is 5.17. The normalized spacial score (nSPS) is 14.1. The topological polar surface area (TPSA) is 45.6 Å². The van der Waals surface area contributed by atoms with Gasteiger partial charge in [0.25, 0.3) is 5.91 Å². The summed E-state index contributed by atoms with van der Waals surface area (Å²) in [6.07, 6.45) is 3.55. The molecule has 0 bridgehead atoms. The van der Waals surface area contributed by atoms with Gasteiger partial charge < -0.3 is 9.47 Å². The van der Waals surface area contributed by atoms with Gasteiger partial charge in [0, 0.05) is 18.3 Å². The van der Waals surface area contributed by atoms with Gasteiger partial charge in [0.2, 0.25) is 5.91 Å². The Kier molecular flexibility index (Phi) is 7.54. The lowest BCUT2D eigenvalue weighted by molar-refractivity contribution is -0.119. The van der Waals surface area contributed by atoms with Crippen molar-refractivity contribution in [3.63, 3.8) is 0 Å². The van der Waals surface area contributed by atoms with Crippen LogP contribution in [0.4, 0.5) is 10.1 Å². The van der Waals surface area contributed by atoms with Crippen LogP contribution in [0.3, 0.4) is 0 Å². The number of hydrogen-bond acceptors (Lipinski definition) is 2. The number of carbonyl (C=O) groups is 2. The monoisotopic (exact) mass is 549 g/mol. The summed E-state index contributed by atoms with van der Waals surface area (Å²) in [5, 5.41) is 0.635. The molecule has 3 aromatic carbocycles. The van der Waals surface area contributed by atoms with Gasteiger partial charge >= 0.3 is 0 Å². The van der Waals surface area contributed by atoms with Crippen LogP contribution < -0.4 is 4.90 Å². The molecule has 194 valence electrons. The zero-order chi connectivity index (χ0) is 26.8. The third-order valence-electron chi connectivity index (χ3n) is 6.74. The van der Waals surface area contributed by atoms with E-state index in [1.807, 2.05) is 54.1 Å². The number of halogens is 3. The van der Waals surface area contributed by atoms with E-state index in [1.54, 1.807) is 34.1 Å². The standard InChI is InChI=1S/C30H26Cl2FN3O2/c1-2-3-16-34(30(38)21-12-15-23(31)24(32)18-21)19-28(37)36-26-8-5-4-7-25(26)35-17-6-9-27(35)29(36)20-10-13-22(33)14-11-20/h4-15,17-18,29H,2-3,16,19H2,1H3. The zero-order valence-corrected chi connectivity index (χ0v) is 22.3. The summed E-state index contributed by atoms with van der Waals surface area (Å²) in [6.45, 7) is 2.31. The summed E-state index contributed by atoms with van der Waals surface area (Å²) in [4.78, 5) is 31.0. The maximum Gasteiger partial charge on any atom is 0.254 e. The third kappa shape index (κ3) is 4.94. The molecule has 2 heterocycles. The molecule has 1 aliphatic heterocycles. The predicted molar refractivity (Wildman–Crippen MR) is 149 cm³/mol. The van der Waals surface area contributed by atoms with E-state index in [1.165, 1.54) is 18.2 Å². The molecule has 0 spiro atoms. The maximum absolute atomic E-state index is 14.2. The number of amides is 2. The van der Waals surface area contributed by atoms with Gasteiger partial charge in [-0.25, -0.2) is 4.39 Å². The quantitative estimate of drug-likeness (QED) is 0.242. The van der Waals surface area contributed by atoms with E-state index in [-0.39, 0.29) is 29.2 Å². The van der Waals surface area contributed by atoms with E-state index in [4.69, 9.17) is 23.2 Å². The van der Waals surface area contributed by atoms with Gasteiger partial charge in [-0.3, -0.25) is 14.5 Å². The molecule has 1 aromatic heterocycles. The Morgan fingerprint density at radius 2 is 1.66 bits per heavy atom. The predicted octanol–water partition coefficient (Wildman–Crippen LogP) is 7.30. The first-order valence-corrected chi connectivity index (χ1v) is 13.2. The maximum atomic E-state index is 14.2. The second kappa shape index (κ2) is 11.0. The second-order valence-electron chi connectivity index (χ2n) is 9.22. The summed E-state index contributed by atoms with van der Waals surface area (Å²) >= 11 is 12.2. The highest BCUT2D eigenvalue weighted by Crippen LogP contribution is 2.42. The lowest BCUT2D eigenvalue weighted by Crippen LogP contribution is -2.47. The van der Waals surface area contributed by atoms with Crippen LogP contribution in [0, 0.1) is 5.82 Å². The molecule has 38 heavy (non-hydrogen) atoms. The van der Waals surface area contributed by atoms with Crippen LogP contribution in [0.15, 0.2) is 85.1 Å². The van der Waals surface area contributed by atoms with Gasteiger partial charge in [-0.1, -0.05) is 60.8 Å². The van der Waals surface area contributed by atoms with Gasteiger partial charge in [-0.15, -0.1) is 0 Å². The summed E-state index contributed by atoms with van der Waals surface area (Å²) < 4.78 is 15.9. The number of unbranched alkanes of at least 4 members (excludes halogenated alkanes) is 1. The molecule has 0 N–H and O–H groups in total. The summed E-state index contributed by atoms with van der Waals surface area (Å²) in [6, 6.07) is 21.9. The fraction of sp³-hybridized carbons (Fsp3) is 0.200. The van der Waals surface area contributed by atoms with E-state index < -0.39 is 6.04 Å². The first kappa shape index (κ1) is 26.0. The molecule has 5 nitrogen and oxygen atoms in total. The minimum absolute atomic E-state index is 0.133. The molecule has 4 aromatic rings. The molecular formula is C30H26Cl2FN3O2. The summed E-state index contributed by atoms with van der Waals surface area (Å²) in [5.41, 5.74) is 3.58. The first-order valence-electron chi connectivity index (χ1n) is 12.5. The molecule has 0 fully saturated rings. The van der Waals surface area contributed by atoms with E-state index in [2.05, 4.69) is 0 Å². The Hall–Kier alpha value is -3.61. The molecular weight excluding hydrogens is 524 g/mol. The van der Waals surface area contributed by atoms with Crippen LogP contribution in [0.2, 0.25) is 10.0 Å². The molecule has 0 saturated heterocycles. The van der Waals surface area contributed by atoms with Gasteiger partial charge in [-0.2, -0.15) is 0 Å². The van der Waals surface area contributed by atoms with Crippen LogP contribution in [0.1, 0.15) is 47.4 Å². The first-order chi connectivity index (χ1) is 18.4. The minimum atomic E-state index is -0.499. The minimum Gasteiger partial charge on any atom is -0.329 e. The molecule has 2 amide bonds. The Morgan fingerprint density at radius 1 is 0.921 bits per heavy atom. The average molecular weight is 550 g/mol. The molecule has 1 unspecified atom stereocenters. The Morgan fingerprint density at radius 3 is 2.37 bits per heavy atom. The number of fused-ring (bicyclic) bond motifs is 3. The highest BCUT2D eigenvalue weighted by atomic mass is 35.5. The van der Waals surface area contributed by atoms with Gasteiger partial charge in [0.05, 0.1) is 27.1 Å². The van der Waals surface area contributed by atoms with Crippen molar-refractivity contribution in [3.05, 3.63) is 118 Å². The highest BCUT2D eigenvalue weighted by Gasteiger charge is 2.37. The Balaban J connectivity index is 1.55. The van der Waals surface area contributed by atoms with E-state index >= 15 is 0 Å². The number of rotatable bonds is 7. The average Bonchev–Trinajstić information content (AvgIpc) is 3.42. The van der Waals surface area contributed by atoms with Crippen molar-refractivity contribution in [1.29, 1.82) is 0 Å². The molecule has 0 saturated carbocycles. The molecule has 1 atom stereocenters. The lowest BCUT2D eigenvalue weighted by Gasteiger charge is -2.39. The van der Waals surface area contributed by atoms with Crippen LogP contribution >= 0.6 is 23.2 Å². The Labute approximate surface area is 231 Å². The third-order valence-corrected chi connectivity index (χ3v) is 7.47. The van der Waals surface area contributed by atoms with Crippen molar-refractivity contribution in [2.75, 3.05) is 18.0 Å². The van der Waals surface area contributed by atoms with E-state index in [9.17, 15) is 14.0 Å². The van der Waals surface area contributed by atoms with Gasteiger partial charge in [0.15, 0.2) is 0 Å². The number of hydrogen-bond donors (Lipinski definition) is 0. The fourth-order valence-electron chi connectivity index (χ4n) is 4.88. The van der Waals surface area contributed by atoms with Crippen molar-refractivity contribution < 1.29 is 14.0 Å². The van der Waals surface area contributed by atoms with Crippen molar-refractivity contribution in [2.24, 2.45) is 0 Å². The molecule has 0 aliphatic carbocycles. The summed E-state index contributed by atoms with van der Waals surface area (Å²) in [7, 11) is 0. The van der Waals surface area contributed by atoms with Crippen LogP contribution in [-0.4, -0.2) is 34.4 Å². The smallest absolute Gasteiger partial charge is 0.254 e. The SMILES string of the molecule is CCCCN(CC(=O)N1c2ccccc2-n2cccc2C1c1ccc(F)cc1)C(=O)c1ccc(Cl)c(Cl)c1. The number of benzene rings is 3. The van der Waals surface area contributed by atoms with Crippen molar-refractivity contribution in [1.82, 2.24) is 9.47 Å². The summed E-state index contributed by atoms with van der Waals surface area (Å²) in [5.74, 6) is -0.891. The van der Waals surface area contributed by atoms with Crippen LogP contribution in [-0.2, 0) is 4.79 Å². The van der Waals surface area contributed by atoms with E-state index in [0.29, 0.717) is 22.8 Å². The largest absolute Gasteiger partial charge is 0.329 e. The number of carbonyl (C=O) groups excluding carboxylic acids is 2. The van der Waals surface area contributed by atoms with Gasteiger partial charge in [-0.05, 0) is 66.6 Å². The van der Waals surface area contributed by atoms with Crippen LogP contribution in [0.5, 0.6) is 0 Å². The number of anilines is 1. The second-order valence-corrected chi connectivity index (χ2v) is 10.0.